The van der Waals surface area contributed by atoms with Crippen LogP contribution < -0.4 is 10.1 Å². The highest BCUT2D eigenvalue weighted by Crippen LogP contribution is 2.23. The fraction of sp³-hybridized carbons (Fsp3) is 0.286. The van der Waals surface area contributed by atoms with Gasteiger partial charge in [0.05, 0.1) is 6.10 Å². The van der Waals surface area contributed by atoms with Crippen molar-refractivity contribution in [2.45, 2.75) is 26.5 Å². The third-order valence-electron chi connectivity index (χ3n) is 2.63. The van der Waals surface area contributed by atoms with Gasteiger partial charge in [-0.3, -0.25) is 0 Å². The standard InChI is InChI=1S/C14H16N4O3/c1-10(2)21-14-11(5-3-8-16-14)9-17-12-6-4-7-15-13(12)18(19)20/h3-8,10,17H,9H2,1-2H3. The molecule has 110 valence electrons. The lowest BCUT2D eigenvalue weighted by Gasteiger charge is -2.13. The maximum Gasteiger partial charge on any atom is 0.386 e. The van der Waals surface area contributed by atoms with Crippen LogP contribution in [-0.2, 0) is 6.54 Å². The first-order valence-electron chi connectivity index (χ1n) is 6.51. The first-order chi connectivity index (χ1) is 10.1. The number of aromatic nitrogens is 2. The van der Waals surface area contributed by atoms with Gasteiger partial charge in [0, 0.05) is 18.3 Å². The Labute approximate surface area is 122 Å². The Morgan fingerprint density at radius 2 is 2.00 bits per heavy atom. The van der Waals surface area contributed by atoms with Gasteiger partial charge in [-0.05, 0) is 42.0 Å². The van der Waals surface area contributed by atoms with Crippen molar-refractivity contribution in [2.24, 2.45) is 0 Å². The van der Waals surface area contributed by atoms with E-state index < -0.39 is 4.92 Å². The van der Waals surface area contributed by atoms with Crippen molar-refractivity contribution in [3.8, 4) is 5.88 Å². The van der Waals surface area contributed by atoms with Crippen LogP contribution in [0.5, 0.6) is 5.88 Å². The molecule has 0 saturated heterocycles. The maximum atomic E-state index is 10.9. The van der Waals surface area contributed by atoms with E-state index in [2.05, 4.69) is 15.3 Å². The third kappa shape index (κ3) is 3.88. The summed E-state index contributed by atoms with van der Waals surface area (Å²) in [4.78, 5) is 18.3. The summed E-state index contributed by atoms with van der Waals surface area (Å²) in [6.45, 7) is 4.19. The second-order valence-corrected chi connectivity index (χ2v) is 4.62. The maximum absolute atomic E-state index is 10.9. The highest BCUT2D eigenvalue weighted by atomic mass is 16.6. The van der Waals surface area contributed by atoms with Crippen LogP contribution in [0.15, 0.2) is 36.7 Å². The van der Waals surface area contributed by atoms with Crippen molar-refractivity contribution in [3.63, 3.8) is 0 Å². The SMILES string of the molecule is CC(C)Oc1ncccc1CNc1cccnc1[N+](=O)[O-]. The zero-order valence-electron chi connectivity index (χ0n) is 11.8. The zero-order valence-corrected chi connectivity index (χ0v) is 11.8. The molecule has 0 aliphatic carbocycles. The van der Waals surface area contributed by atoms with E-state index in [1.807, 2.05) is 19.9 Å². The largest absolute Gasteiger partial charge is 0.475 e. The second-order valence-electron chi connectivity index (χ2n) is 4.62. The molecule has 0 atom stereocenters. The Morgan fingerprint density at radius 3 is 2.71 bits per heavy atom. The quantitative estimate of drug-likeness (QED) is 0.649. The minimum Gasteiger partial charge on any atom is -0.475 e. The molecule has 0 aliphatic rings. The number of hydrogen-bond acceptors (Lipinski definition) is 6. The average molecular weight is 288 g/mol. The smallest absolute Gasteiger partial charge is 0.386 e. The van der Waals surface area contributed by atoms with Crippen LogP contribution in [0.2, 0.25) is 0 Å². The van der Waals surface area contributed by atoms with E-state index in [-0.39, 0.29) is 11.9 Å². The molecule has 7 heteroatoms. The molecule has 0 fully saturated rings. The summed E-state index contributed by atoms with van der Waals surface area (Å²) < 4.78 is 5.61. The predicted octanol–water partition coefficient (Wildman–Crippen LogP) is 2.78. The molecule has 21 heavy (non-hydrogen) atoms. The molecule has 0 unspecified atom stereocenters. The molecule has 2 aromatic heterocycles. The summed E-state index contributed by atoms with van der Waals surface area (Å²) in [5, 5.41) is 13.9. The number of ether oxygens (including phenoxy) is 1. The minimum atomic E-state index is -0.517. The van der Waals surface area contributed by atoms with Gasteiger partial charge in [-0.15, -0.1) is 0 Å². The number of rotatable bonds is 6. The van der Waals surface area contributed by atoms with E-state index in [0.717, 1.165) is 5.56 Å². The van der Waals surface area contributed by atoms with E-state index in [4.69, 9.17) is 4.74 Å². The molecule has 7 nitrogen and oxygen atoms in total. The van der Waals surface area contributed by atoms with Crippen LogP contribution >= 0.6 is 0 Å². The summed E-state index contributed by atoms with van der Waals surface area (Å²) in [5.74, 6) is 0.319. The molecule has 2 heterocycles. The summed E-state index contributed by atoms with van der Waals surface area (Å²) in [5.41, 5.74) is 1.19. The molecule has 2 aromatic rings. The highest BCUT2D eigenvalue weighted by Gasteiger charge is 2.14. The number of anilines is 1. The van der Waals surface area contributed by atoms with Crippen LogP contribution in [-0.4, -0.2) is 21.0 Å². The Bertz CT molecular complexity index is 631. The van der Waals surface area contributed by atoms with Crippen LogP contribution in [0.3, 0.4) is 0 Å². The Kier molecular flexibility index (Phi) is 4.65. The monoisotopic (exact) mass is 288 g/mol. The summed E-state index contributed by atoms with van der Waals surface area (Å²) in [6, 6.07) is 6.91. The molecule has 0 bridgehead atoms. The summed E-state index contributed by atoms with van der Waals surface area (Å²) in [6.07, 6.45) is 3.04. The van der Waals surface area contributed by atoms with Gasteiger partial charge in [-0.2, -0.15) is 0 Å². The van der Waals surface area contributed by atoms with Crippen LogP contribution in [0.4, 0.5) is 11.5 Å². The van der Waals surface area contributed by atoms with Gasteiger partial charge >= 0.3 is 5.82 Å². The van der Waals surface area contributed by atoms with Gasteiger partial charge in [-0.1, -0.05) is 6.07 Å². The lowest BCUT2D eigenvalue weighted by atomic mass is 10.2. The fourth-order valence-electron chi connectivity index (χ4n) is 1.76. The predicted molar refractivity (Wildman–Crippen MR) is 78.2 cm³/mol. The van der Waals surface area contributed by atoms with Crippen molar-refractivity contribution < 1.29 is 9.66 Å². The van der Waals surface area contributed by atoms with E-state index >= 15 is 0 Å². The molecule has 0 radical (unpaired) electrons. The van der Waals surface area contributed by atoms with Crippen molar-refractivity contribution in [3.05, 3.63) is 52.3 Å². The van der Waals surface area contributed by atoms with E-state index in [0.29, 0.717) is 18.1 Å². The normalized spacial score (nSPS) is 10.4. The van der Waals surface area contributed by atoms with E-state index in [9.17, 15) is 10.1 Å². The third-order valence-corrected chi connectivity index (χ3v) is 2.63. The lowest BCUT2D eigenvalue weighted by molar-refractivity contribution is -0.388. The van der Waals surface area contributed by atoms with Gasteiger partial charge in [0.2, 0.25) is 5.88 Å². The second kappa shape index (κ2) is 6.65. The number of nitrogens with zero attached hydrogens (tertiary/aromatic N) is 3. The summed E-state index contributed by atoms with van der Waals surface area (Å²) in [7, 11) is 0. The number of nitro groups is 1. The average Bonchev–Trinajstić information content (AvgIpc) is 2.46. The van der Waals surface area contributed by atoms with Gasteiger partial charge in [0.15, 0.2) is 0 Å². The van der Waals surface area contributed by atoms with Crippen LogP contribution in [0.1, 0.15) is 19.4 Å². The van der Waals surface area contributed by atoms with Crippen molar-refractivity contribution in [1.29, 1.82) is 0 Å². The van der Waals surface area contributed by atoms with Gasteiger partial charge in [0.25, 0.3) is 0 Å². The van der Waals surface area contributed by atoms with Gasteiger partial charge in [-0.25, -0.2) is 4.98 Å². The topological polar surface area (TPSA) is 90.2 Å². The summed E-state index contributed by atoms with van der Waals surface area (Å²) >= 11 is 0. The zero-order chi connectivity index (χ0) is 15.2. The Hall–Kier alpha value is -2.70. The molecule has 0 saturated carbocycles. The fourth-order valence-corrected chi connectivity index (χ4v) is 1.76. The highest BCUT2D eigenvalue weighted by molar-refractivity contribution is 5.56. The van der Waals surface area contributed by atoms with Crippen molar-refractivity contribution in [1.82, 2.24) is 9.97 Å². The molecule has 0 amide bonds. The Morgan fingerprint density at radius 1 is 1.29 bits per heavy atom. The molecule has 0 spiro atoms. The molecule has 2 rings (SSSR count). The van der Waals surface area contributed by atoms with Crippen molar-refractivity contribution >= 4 is 11.5 Å². The van der Waals surface area contributed by atoms with Crippen LogP contribution in [0, 0.1) is 10.1 Å². The van der Waals surface area contributed by atoms with Crippen LogP contribution in [0.25, 0.3) is 0 Å². The van der Waals surface area contributed by atoms with Gasteiger partial charge < -0.3 is 20.2 Å². The van der Waals surface area contributed by atoms with Crippen molar-refractivity contribution in [2.75, 3.05) is 5.32 Å². The number of hydrogen-bond donors (Lipinski definition) is 1. The first kappa shape index (κ1) is 14.7. The number of pyridine rings is 2. The lowest BCUT2D eigenvalue weighted by Crippen LogP contribution is -2.11. The molecule has 1 N–H and O–H groups in total. The molecule has 0 aliphatic heterocycles. The minimum absolute atomic E-state index is 0.00591. The van der Waals surface area contributed by atoms with E-state index in [1.165, 1.54) is 6.20 Å². The number of nitrogens with one attached hydrogen (secondary N) is 1. The molecular weight excluding hydrogens is 272 g/mol. The first-order valence-corrected chi connectivity index (χ1v) is 6.51. The molecule has 0 aromatic carbocycles. The van der Waals surface area contributed by atoms with Gasteiger partial charge in [0.1, 0.15) is 11.9 Å². The van der Waals surface area contributed by atoms with E-state index in [1.54, 1.807) is 24.4 Å². The Balaban J connectivity index is 2.15. The molecular formula is C14H16N4O3.